The fourth-order valence-electron chi connectivity index (χ4n) is 4.69. The Bertz CT molecular complexity index is 1860. The summed E-state index contributed by atoms with van der Waals surface area (Å²) in [5.74, 6) is 1.10. The van der Waals surface area contributed by atoms with Gasteiger partial charge in [0.25, 0.3) is 5.56 Å². The highest BCUT2D eigenvalue weighted by Crippen LogP contribution is 2.35. The SMILES string of the molecule is CCOC(=O)c1ccc(-c2ccc(/C=c3\sc4n(c3=O)[C@@H](c3ccc(OCC)c(OCC)c3)C(C(=O)OC)=CN=4)o2)cc1. The highest BCUT2D eigenvalue weighted by atomic mass is 32.1. The minimum Gasteiger partial charge on any atom is -0.490 e. The number of hydrogen-bond donors (Lipinski definition) is 0. The molecule has 0 saturated heterocycles. The van der Waals surface area contributed by atoms with Gasteiger partial charge in [-0.25, -0.2) is 14.6 Å². The molecule has 0 radical (unpaired) electrons. The fourth-order valence-corrected chi connectivity index (χ4v) is 5.64. The summed E-state index contributed by atoms with van der Waals surface area (Å²) in [4.78, 5) is 43.4. The molecule has 2 aromatic heterocycles. The van der Waals surface area contributed by atoms with Crippen molar-refractivity contribution >= 4 is 29.4 Å². The molecule has 3 heterocycles. The summed E-state index contributed by atoms with van der Waals surface area (Å²) in [7, 11) is 1.29. The van der Waals surface area contributed by atoms with Crippen molar-refractivity contribution in [2.24, 2.45) is 4.99 Å². The molecule has 0 unspecified atom stereocenters. The third-order valence-electron chi connectivity index (χ3n) is 6.59. The summed E-state index contributed by atoms with van der Waals surface area (Å²) in [6, 6.07) is 14.9. The third kappa shape index (κ3) is 6.02. The predicted molar refractivity (Wildman–Crippen MR) is 160 cm³/mol. The number of hydrogen-bond acceptors (Lipinski definition) is 10. The van der Waals surface area contributed by atoms with E-state index in [2.05, 4.69) is 4.99 Å². The van der Waals surface area contributed by atoms with Gasteiger partial charge in [-0.3, -0.25) is 9.36 Å². The summed E-state index contributed by atoms with van der Waals surface area (Å²) in [6.45, 7) is 6.66. The first kappa shape index (κ1) is 29.6. The van der Waals surface area contributed by atoms with Crippen LogP contribution in [0.5, 0.6) is 11.5 Å². The average molecular weight is 603 g/mol. The second-order valence-electron chi connectivity index (χ2n) is 9.25. The second-order valence-corrected chi connectivity index (χ2v) is 10.3. The maximum atomic E-state index is 13.8. The molecule has 222 valence electrons. The van der Waals surface area contributed by atoms with Gasteiger partial charge in [0.2, 0.25) is 0 Å². The zero-order valence-electron chi connectivity index (χ0n) is 24.1. The molecule has 1 aliphatic rings. The van der Waals surface area contributed by atoms with E-state index in [0.717, 1.165) is 5.56 Å². The van der Waals surface area contributed by atoms with Crippen LogP contribution in [0.1, 0.15) is 48.5 Å². The van der Waals surface area contributed by atoms with E-state index in [1.54, 1.807) is 67.6 Å². The number of fused-ring (bicyclic) bond motifs is 1. The molecule has 11 heteroatoms. The number of methoxy groups -OCH3 is 1. The largest absolute Gasteiger partial charge is 0.490 e. The Balaban J connectivity index is 1.53. The van der Waals surface area contributed by atoms with Crippen molar-refractivity contribution in [2.45, 2.75) is 26.8 Å². The molecule has 5 rings (SSSR count). The van der Waals surface area contributed by atoms with Crippen molar-refractivity contribution in [3.63, 3.8) is 0 Å². The fraction of sp³-hybridized carbons (Fsp3) is 0.250. The molecule has 10 nitrogen and oxygen atoms in total. The van der Waals surface area contributed by atoms with E-state index in [1.807, 2.05) is 13.8 Å². The Labute approximate surface area is 251 Å². The standard InChI is InChI=1S/C32H30N2O8S/c1-5-39-25-14-12-21(16-26(25)40-6-2)28-23(31(37)38-4)18-33-32-34(28)29(35)27(43-32)17-22-13-15-24(42-22)19-8-10-20(11-9-19)30(36)41-7-3/h8-18,28H,5-7H2,1-4H3/b27-17-/t28-/m0/s1. The number of rotatable bonds is 10. The Morgan fingerprint density at radius 3 is 2.40 bits per heavy atom. The summed E-state index contributed by atoms with van der Waals surface area (Å²) < 4.78 is 29.4. The average Bonchev–Trinajstić information content (AvgIpc) is 3.62. The molecule has 2 aromatic carbocycles. The summed E-state index contributed by atoms with van der Waals surface area (Å²) in [6.07, 6.45) is 3.08. The number of aromatic nitrogens is 1. The van der Waals surface area contributed by atoms with Crippen LogP contribution in [0, 0.1) is 0 Å². The predicted octanol–water partition coefficient (Wildman–Crippen LogP) is 4.25. The van der Waals surface area contributed by atoms with Crippen molar-refractivity contribution < 1.29 is 33.0 Å². The highest BCUT2D eigenvalue weighted by Gasteiger charge is 2.31. The minimum atomic E-state index is -0.800. The highest BCUT2D eigenvalue weighted by molar-refractivity contribution is 7.07. The van der Waals surface area contributed by atoms with E-state index < -0.39 is 18.0 Å². The number of benzene rings is 2. The van der Waals surface area contributed by atoms with Gasteiger partial charge in [0.05, 0.1) is 48.6 Å². The van der Waals surface area contributed by atoms with Crippen molar-refractivity contribution in [3.8, 4) is 22.8 Å². The number of esters is 2. The lowest BCUT2D eigenvalue weighted by Gasteiger charge is -2.23. The second kappa shape index (κ2) is 13.0. The molecule has 0 aliphatic carbocycles. The first-order valence-electron chi connectivity index (χ1n) is 13.7. The maximum absolute atomic E-state index is 13.8. The van der Waals surface area contributed by atoms with E-state index in [9.17, 15) is 14.4 Å². The van der Waals surface area contributed by atoms with Gasteiger partial charge in [-0.15, -0.1) is 0 Å². The van der Waals surface area contributed by atoms with Crippen LogP contribution in [0.2, 0.25) is 0 Å². The number of ether oxygens (including phenoxy) is 4. The van der Waals surface area contributed by atoms with E-state index in [1.165, 1.54) is 29.2 Å². The van der Waals surface area contributed by atoms with Crippen molar-refractivity contribution in [3.05, 3.63) is 103 Å². The van der Waals surface area contributed by atoms with Crippen LogP contribution < -0.4 is 24.4 Å². The first-order chi connectivity index (χ1) is 20.9. The summed E-state index contributed by atoms with van der Waals surface area (Å²) in [5.41, 5.74) is 1.71. The number of carbonyl (C=O) groups excluding carboxylic acids is 2. The van der Waals surface area contributed by atoms with E-state index in [4.69, 9.17) is 23.4 Å². The van der Waals surface area contributed by atoms with Crippen LogP contribution in [-0.2, 0) is 14.3 Å². The van der Waals surface area contributed by atoms with Crippen molar-refractivity contribution in [2.75, 3.05) is 26.9 Å². The lowest BCUT2D eigenvalue weighted by molar-refractivity contribution is -0.136. The third-order valence-corrected chi connectivity index (χ3v) is 7.59. The molecule has 0 saturated carbocycles. The van der Waals surface area contributed by atoms with Gasteiger partial charge in [0, 0.05) is 17.8 Å². The smallest absolute Gasteiger partial charge is 0.338 e. The molecule has 0 bridgehead atoms. The van der Waals surface area contributed by atoms with Crippen LogP contribution >= 0.6 is 11.3 Å². The van der Waals surface area contributed by atoms with Gasteiger partial charge in [-0.2, -0.15) is 0 Å². The molecule has 43 heavy (non-hydrogen) atoms. The Morgan fingerprint density at radius 2 is 1.70 bits per heavy atom. The van der Waals surface area contributed by atoms with Crippen LogP contribution in [0.4, 0.5) is 0 Å². The summed E-state index contributed by atoms with van der Waals surface area (Å²) >= 11 is 1.18. The molecule has 1 atom stereocenters. The van der Waals surface area contributed by atoms with E-state index >= 15 is 0 Å². The van der Waals surface area contributed by atoms with E-state index in [-0.39, 0.29) is 11.1 Å². The van der Waals surface area contributed by atoms with Crippen LogP contribution in [0.25, 0.3) is 17.4 Å². The van der Waals surface area contributed by atoms with Crippen LogP contribution in [-0.4, -0.2) is 43.4 Å². The van der Waals surface area contributed by atoms with E-state index in [0.29, 0.717) is 63.3 Å². The molecule has 0 fully saturated rings. The van der Waals surface area contributed by atoms with Gasteiger partial charge in [-0.1, -0.05) is 29.5 Å². The Kier molecular flexibility index (Phi) is 8.91. The van der Waals surface area contributed by atoms with Gasteiger partial charge >= 0.3 is 11.9 Å². The van der Waals surface area contributed by atoms with Gasteiger partial charge in [0.15, 0.2) is 16.3 Å². The number of nitrogens with zero attached hydrogens (tertiary/aromatic N) is 2. The van der Waals surface area contributed by atoms with Crippen molar-refractivity contribution in [1.29, 1.82) is 0 Å². The minimum absolute atomic E-state index is 0.208. The molecule has 1 aliphatic heterocycles. The number of furan rings is 1. The normalized spacial score (nSPS) is 14.4. The van der Waals surface area contributed by atoms with Crippen LogP contribution in [0.15, 0.2) is 80.6 Å². The zero-order chi connectivity index (χ0) is 30.5. The number of thiazole rings is 1. The molecule has 0 amide bonds. The number of carbonyl (C=O) groups is 2. The quantitative estimate of drug-likeness (QED) is 0.247. The Hall–Kier alpha value is -4.90. The monoisotopic (exact) mass is 602 g/mol. The first-order valence-corrected chi connectivity index (χ1v) is 14.6. The molecular formula is C32H30N2O8S. The van der Waals surface area contributed by atoms with Crippen LogP contribution in [0.3, 0.4) is 0 Å². The summed E-state index contributed by atoms with van der Waals surface area (Å²) in [5, 5.41) is 0. The molecule has 4 aromatic rings. The molecular weight excluding hydrogens is 572 g/mol. The zero-order valence-corrected chi connectivity index (χ0v) is 24.9. The lowest BCUT2D eigenvalue weighted by atomic mass is 9.97. The van der Waals surface area contributed by atoms with Gasteiger partial charge in [0.1, 0.15) is 11.5 Å². The van der Waals surface area contributed by atoms with Gasteiger partial charge in [-0.05, 0) is 62.7 Å². The lowest BCUT2D eigenvalue weighted by Crippen LogP contribution is -2.39. The maximum Gasteiger partial charge on any atom is 0.338 e. The van der Waals surface area contributed by atoms with Gasteiger partial charge < -0.3 is 23.4 Å². The molecule has 0 N–H and O–H groups in total. The van der Waals surface area contributed by atoms with Crippen molar-refractivity contribution in [1.82, 2.24) is 4.57 Å². The topological polar surface area (TPSA) is 119 Å². The Morgan fingerprint density at radius 1 is 0.953 bits per heavy atom. The molecule has 0 spiro atoms.